The van der Waals surface area contributed by atoms with Crippen LogP contribution in [0, 0.1) is 0 Å². The summed E-state index contributed by atoms with van der Waals surface area (Å²) in [6.45, 7) is 8.21. The van der Waals surface area contributed by atoms with Gasteiger partial charge in [-0.2, -0.15) is 0 Å². The van der Waals surface area contributed by atoms with E-state index in [9.17, 15) is 0 Å². The highest BCUT2D eigenvalue weighted by Gasteiger charge is 2.30. The Hall–Kier alpha value is -1.10. The van der Waals surface area contributed by atoms with Crippen LogP contribution in [0.3, 0.4) is 0 Å². The smallest absolute Gasteiger partial charge is 0.120 e. The van der Waals surface area contributed by atoms with Crippen molar-refractivity contribution in [2.75, 3.05) is 0 Å². The fourth-order valence-electron chi connectivity index (χ4n) is 2.10. The van der Waals surface area contributed by atoms with Gasteiger partial charge in [0.1, 0.15) is 11.4 Å². The van der Waals surface area contributed by atoms with Crippen molar-refractivity contribution in [3.8, 4) is 5.75 Å². The summed E-state index contributed by atoms with van der Waals surface area (Å²) in [6, 6.07) is 8.65. The van der Waals surface area contributed by atoms with E-state index in [2.05, 4.69) is 29.9 Å². The molecule has 2 rings (SSSR count). The maximum Gasteiger partial charge on any atom is 0.120 e. The zero-order chi connectivity index (χ0) is 13.3. The van der Waals surface area contributed by atoms with E-state index in [4.69, 9.17) is 10.5 Å². The summed E-state index contributed by atoms with van der Waals surface area (Å²) in [4.78, 5) is 0. The molecule has 1 aromatic rings. The van der Waals surface area contributed by atoms with Crippen molar-refractivity contribution in [1.82, 2.24) is 10.9 Å². The molecule has 1 aliphatic rings. The third-order valence-electron chi connectivity index (χ3n) is 3.09. The summed E-state index contributed by atoms with van der Waals surface area (Å²) in [5.41, 5.74) is 13.5. The predicted octanol–water partition coefficient (Wildman–Crippen LogP) is 1.73. The van der Waals surface area contributed by atoms with Crippen LogP contribution in [0.25, 0.3) is 0 Å². The van der Waals surface area contributed by atoms with Crippen molar-refractivity contribution in [3.63, 3.8) is 0 Å². The largest absolute Gasteiger partial charge is 0.488 e. The Morgan fingerprint density at radius 3 is 2.17 bits per heavy atom. The monoisotopic (exact) mass is 249 g/mol. The number of hydrazine groups is 1. The van der Waals surface area contributed by atoms with Crippen molar-refractivity contribution in [3.05, 3.63) is 29.8 Å². The summed E-state index contributed by atoms with van der Waals surface area (Å²) in [5.74, 6) is 0.888. The van der Waals surface area contributed by atoms with E-state index in [1.165, 1.54) is 5.56 Å². The summed E-state index contributed by atoms with van der Waals surface area (Å²) in [7, 11) is 0. The van der Waals surface area contributed by atoms with Gasteiger partial charge in [-0.25, -0.2) is 5.43 Å². The van der Waals surface area contributed by atoms with Crippen LogP contribution < -0.4 is 21.3 Å². The maximum atomic E-state index is 6.14. The fraction of sp³-hybridized carbons (Fsp3) is 0.571. The van der Waals surface area contributed by atoms with Crippen LogP contribution in [-0.4, -0.2) is 17.7 Å². The van der Waals surface area contributed by atoms with Gasteiger partial charge in [-0.05, 0) is 45.4 Å². The van der Waals surface area contributed by atoms with E-state index in [0.29, 0.717) is 0 Å². The average Bonchev–Trinajstić information content (AvgIpc) is 2.59. The lowest BCUT2D eigenvalue weighted by Gasteiger charge is -2.22. The lowest BCUT2D eigenvalue weighted by Crippen LogP contribution is -2.35. The molecule has 1 heterocycles. The summed E-state index contributed by atoms with van der Waals surface area (Å²) >= 11 is 0. The van der Waals surface area contributed by atoms with E-state index in [0.717, 1.165) is 5.75 Å². The van der Waals surface area contributed by atoms with Crippen molar-refractivity contribution >= 4 is 0 Å². The van der Waals surface area contributed by atoms with Crippen LogP contribution in [0.1, 0.15) is 39.3 Å². The van der Waals surface area contributed by atoms with Crippen LogP contribution >= 0.6 is 0 Å². The molecule has 1 fully saturated rings. The van der Waals surface area contributed by atoms with Gasteiger partial charge in [-0.15, -0.1) is 0 Å². The Morgan fingerprint density at radius 1 is 1.11 bits per heavy atom. The van der Waals surface area contributed by atoms with Crippen molar-refractivity contribution < 1.29 is 4.74 Å². The maximum absolute atomic E-state index is 6.14. The topological polar surface area (TPSA) is 59.3 Å². The molecular formula is C14H23N3O. The number of nitrogens with one attached hydrogen (secondary N) is 2. The molecule has 100 valence electrons. The number of rotatable bonds is 2. The van der Waals surface area contributed by atoms with Gasteiger partial charge in [0, 0.05) is 12.1 Å². The first-order chi connectivity index (χ1) is 8.37. The van der Waals surface area contributed by atoms with Gasteiger partial charge in [0.25, 0.3) is 0 Å². The molecule has 3 atom stereocenters. The van der Waals surface area contributed by atoms with E-state index in [1.807, 2.05) is 32.9 Å². The van der Waals surface area contributed by atoms with Crippen LogP contribution in [0.2, 0.25) is 0 Å². The molecule has 1 aromatic carbocycles. The first kappa shape index (κ1) is 13.3. The summed E-state index contributed by atoms with van der Waals surface area (Å²) in [5, 5.41) is 0. The predicted molar refractivity (Wildman–Crippen MR) is 73.3 cm³/mol. The molecule has 4 N–H and O–H groups in total. The van der Waals surface area contributed by atoms with Crippen molar-refractivity contribution in [2.45, 2.75) is 51.4 Å². The molecule has 1 aliphatic heterocycles. The van der Waals surface area contributed by atoms with Gasteiger partial charge in [-0.1, -0.05) is 12.1 Å². The third kappa shape index (κ3) is 3.02. The highest BCUT2D eigenvalue weighted by molar-refractivity contribution is 5.31. The molecule has 4 nitrogen and oxygen atoms in total. The van der Waals surface area contributed by atoms with Crippen LogP contribution in [-0.2, 0) is 0 Å². The minimum Gasteiger partial charge on any atom is -0.488 e. The average molecular weight is 249 g/mol. The number of hydrogen-bond acceptors (Lipinski definition) is 4. The van der Waals surface area contributed by atoms with E-state index < -0.39 is 0 Å². The van der Waals surface area contributed by atoms with E-state index in [-0.39, 0.29) is 23.7 Å². The van der Waals surface area contributed by atoms with Crippen molar-refractivity contribution in [1.29, 1.82) is 0 Å². The van der Waals surface area contributed by atoms with Gasteiger partial charge < -0.3 is 10.5 Å². The molecular weight excluding hydrogens is 226 g/mol. The second-order valence-corrected chi connectivity index (χ2v) is 5.92. The standard InChI is InChI=1S/C14H23N3O/c1-9-12(15)13(17-16-9)10-5-7-11(8-6-10)18-14(2,3)4/h5-9,12-13,16-17H,15H2,1-4H3. The molecule has 3 unspecified atom stereocenters. The third-order valence-corrected chi connectivity index (χ3v) is 3.09. The van der Waals surface area contributed by atoms with Crippen molar-refractivity contribution in [2.24, 2.45) is 5.73 Å². The Kier molecular flexibility index (Phi) is 3.61. The van der Waals surface area contributed by atoms with E-state index in [1.54, 1.807) is 0 Å². The molecule has 18 heavy (non-hydrogen) atoms. The fourth-order valence-corrected chi connectivity index (χ4v) is 2.10. The number of hydrogen-bond donors (Lipinski definition) is 3. The number of benzene rings is 1. The lowest BCUT2D eigenvalue weighted by molar-refractivity contribution is 0.131. The quantitative estimate of drug-likeness (QED) is 0.747. The van der Waals surface area contributed by atoms with E-state index >= 15 is 0 Å². The Labute approximate surface area is 109 Å². The molecule has 4 heteroatoms. The Morgan fingerprint density at radius 2 is 1.72 bits per heavy atom. The molecule has 0 bridgehead atoms. The van der Waals surface area contributed by atoms with Crippen LogP contribution in [0.15, 0.2) is 24.3 Å². The highest BCUT2D eigenvalue weighted by atomic mass is 16.5. The van der Waals surface area contributed by atoms with Gasteiger partial charge in [-0.3, -0.25) is 5.43 Å². The Bertz CT molecular complexity index is 396. The number of ether oxygens (including phenoxy) is 1. The molecule has 0 spiro atoms. The normalized spacial score (nSPS) is 28.4. The van der Waals surface area contributed by atoms with Crippen LogP contribution in [0.4, 0.5) is 0 Å². The first-order valence-corrected chi connectivity index (χ1v) is 6.42. The molecule has 0 aliphatic carbocycles. The molecule has 1 saturated heterocycles. The van der Waals surface area contributed by atoms with Crippen LogP contribution in [0.5, 0.6) is 5.75 Å². The molecule has 0 aromatic heterocycles. The summed E-state index contributed by atoms with van der Waals surface area (Å²) < 4.78 is 5.80. The first-order valence-electron chi connectivity index (χ1n) is 6.42. The second kappa shape index (κ2) is 4.88. The zero-order valence-electron chi connectivity index (χ0n) is 11.5. The highest BCUT2D eigenvalue weighted by Crippen LogP contribution is 2.25. The SMILES string of the molecule is CC1NNC(c2ccc(OC(C)(C)C)cc2)C1N. The molecule has 0 amide bonds. The second-order valence-electron chi connectivity index (χ2n) is 5.92. The lowest BCUT2D eigenvalue weighted by atomic mass is 9.98. The summed E-state index contributed by atoms with van der Waals surface area (Å²) in [6.07, 6.45) is 0. The minimum atomic E-state index is -0.167. The zero-order valence-corrected chi connectivity index (χ0v) is 11.5. The Balaban J connectivity index is 2.08. The minimum absolute atomic E-state index is 0.0828. The van der Waals surface area contributed by atoms with Gasteiger partial charge in [0.05, 0.1) is 6.04 Å². The molecule has 0 saturated carbocycles. The van der Waals surface area contributed by atoms with Gasteiger partial charge in [0.2, 0.25) is 0 Å². The number of nitrogens with two attached hydrogens (primary N) is 1. The van der Waals surface area contributed by atoms with Gasteiger partial charge in [0.15, 0.2) is 0 Å². The molecule has 0 radical (unpaired) electrons. The van der Waals surface area contributed by atoms with Gasteiger partial charge >= 0.3 is 0 Å².